The highest BCUT2D eigenvalue weighted by molar-refractivity contribution is 6.31. The lowest BCUT2D eigenvalue weighted by Gasteiger charge is -2.28. The zero-order valence-electron chi connectivity index (χ0n) is 11.6. The molecule has 0 aromatic heterocycles. The molecule has 1 aromatic carbocycles. The molecule has 0 aliphatic rings. The third-order valence-corrected chi connectivity index (χ3v) is 3.99. The molecule has 0 fully saturated rings. The molecule has 1 aromatic rings. The average Bonchev–Trinajstić information content (AvgIpc) is 2.31. The van der Waals surface area contributed by atoms with Crippen LogP contribution in [0.3, 0.4) is 0 Å². The molecule has 0 bridgehead atoms. The van der Waals surface area contributed by atoms with Crippen molar-refractivity contribution >= 4 is 11.6 Å². The molecule has 0 aliphatic carbocycles. The highest BCUT2D eigenvalue weighted by Crippen LogP contribution is 2.24. The summed E-state index contributed by atoms with van der Waals surface area (Å²) in [4.78, 5) is 0. The van der Waals surface area contributed by atoms with Gasteiger partial charge in [0.1, 0.15) is 5.82 Å². The van der Waals surface area contributed by atoms with Crippen LogP contribution in [-0.4, -0.2) is 12.6 Å². The Bertz CT molecular complexity index is 359. The standard InChI is InChI=1S/C15H23ClFN/c1-5-18-15(11(4)10(2)3)9-12-13(16)7-6-8-14(12)17/h6-8,10-11,15,18H,5,9H2,1-4H3. The van der Waals surface area contributed by atoms with E-state index in [1.54, 1.807) is 12.1 Å². The van der Waals surface area contributed by atoms with Gasteiger partial charge in [0.2, 0.25) is 0 Å². The molecule has 102 valence electrons. The second-order valence-corrected chi connectivity index (χ2v) is 5.58. The van der Waals surface area contributed by atoms with Gasteiger partial charge in [-0.3, -0.25) is 0 Å². The van der Waals surface area contributed by atoms with Gasteiger partial charge in [-0.25, -0.2) is 4.39 Å². The summed E-state index contributed by atoms with van der Waals surface area (Å²) in [6.45, 7) is 9.54. The largest absolute Gasteiger partial charge is 0.314 e. The van der Waals surface area contributed by atoms with E-state index in [2.05, 4.69) is 33.0 Å². The Balaban J connectivity index is 2.89. The SMILES string of the molecule is CCNC(Cc1c(F)cccc1Cl)C(C)C(C)C. The second-order valence-electron chi connectivity index (χ2n) is 5.17. The smallest absolute Gasteiger partial charge is 0.127 e. The molecule has 0 radical (unpaired) electrons. The van der Waals surface area contributed by atoms with Crippen LogP contribution in [0.5, 0.6) is 0 Å². The molecule has 0 spiro atoms. The molecule has 0 heterocycles. The van der Waals surface area contributed by atoms with Crippen molar-refractivity contribution in [1.82, 2.24) is 5.32 Å². The van der Waals surface area contributed by atoms with Crippen molar-refractivity contribution in [2.45, 2.75) is 40.2 Å². The van der Waals surface area contributed by atoms with Gasteiger partial charge in [0, 0.05) is 16.6 Å². The molecule has 0 amide bonds. The first-order chi connectivity index (χ1) is 8.47. The molecule has 1 rings (SSSR count). The van der Waals surface area contributed by atoms with Gasteiger partial charge >= 0.3 is 0 Å². The van der Waals surface area contributed by atoms with Crippen LogP contribution in [0.25, 0.3) is 0 Å². The highest BCUT2D eigenvalue weighted by Gasteiger charge is 2.22. The van der Waals surface area contributed by atoms with E-state index in [0.717, 1.165) is 6.54 Å². The van der Waals surface area contributed by atoms with Gasteiger partial charge in [-0.05, 0) is 36.9 Å². The Hall–Kier alpha value is -0.600. The Kier molecular flexibility index (Phi) is 6.10. The van der Waals surface area contributed by atoms with Crippen molar-refractivity contribution < 1.29 is 4.39 Å². The predicted octanol–water partition coefficient (Wildman–Crippen LogP) is 4.29. The number of nitrogens with one attached hydrogen (secondary N) is 1. The van der Waals surface area contributed by atoms with E-state index in [9.17, 15) is 4.39 Å². The van der Waals surface area contributed by atoms with Crippen LogP contribution in [0.15, 0.2) is 18.2 Å². The van der Waals surface area contributed by atoms with Crippen LogP contribution in [0.4, 0.5) is 4.39 Å². The number of hydrogen-bond acceptors (Lipinski definition) is 1. The minimum atomic E-state index is -0.207. The van der Waals surface area contributed by atoms with Crippen molar-refractivity contribution in [2.75, 3.05) is 6.54 Å². The molecule has 2 unspecified atom stereocenters. The molecule has 0 saturated carbocycles. The Morgan fingerprint density at radius 2 is 1.94 bits per heavy atom. The summed E-state index contributed by atoms with van der Waals surface area (Å²) in [5, 5.41) is 3.96. The molecule has 0 aliphatic heterocycles. The molecule has 18 heavy (non-hydrogen) atoms. The van der Waals surface area contributed by atoms with Gasteiger partial charge in [-0.1, -0.05) is 45.4 Å². The summed E-state index contributed by atoms with van der Waals surface area (Å²) >= 11 is 6.09. The summed E-state index contributed by atoms with van der Waals surface area (Å²) < 4.78 is 13.8. The average molecular weight is 272 g/mol. The molecule has 2 atom stereocenters. The fourth-order valence-corrected chi connectivity index (χ4v) is 2.36. The Morgan fingerprint density at radius 1 is 1.28 bits per heavy atom. The lowest BCUT2D eigenvalue weighted by atomic mass is 9.86. The third-order valence-electron chi connectivity index (χ3n) is 3.64. The molecular formula is C15H23ClFN. The molecule has 0 saturated heterocycles. The van der Waals surface area contributed by atoms with E-state index in [1.807, 2.05) is 0 Å². The summed E-state index contributed by atoms with van der Waals surface area (Å²) in [5.74, 6) is 0.821. The maximum atomic E-state index is 13.8. The fourth-order valence-electron chi connectivity index (χ4n) is 2.12. The zero-order chi connectivity index (χ0) is 13.7. The van der Waals surface area contributed by atoms with Crippen LogP contribution < -0.4 is 5.32 Å². The number of rotatable bonds is 6. The van der Waals surface area contributed by atoms with E-state index in [-0.39, 0.29) is 11.9 Å². The van der Waals surface area contributed by atoms with Gasteiger partial charge in [0.05, 0.1) is 0 Å². The van der Waals surface area contributed by atoms with Gasteiger partial charge in [-0.15, -0.1) is 0 Å². The van der Waals surface area contributed by atoms with Crippen LogP contribution >= 0.6 is 11.6 Å². The van der Waals surface area contributed by atoms with Gasteiger partial charge in [0.15, 0.2) is 0 Å². The van der Waals surface area contributed by atoms with E-state index >= 15 is 0 Å². The summed E-state index contributed by atoms with van der Waals surface area (Å²) in [7, 11) is 0. The maximum absolute atomic E-state index is 13.8. The van der Waals surface area contributed by atoms with E-state index in [1.165, 1.54) is 6.07 Å². The first kappa shape index (κ1) is 15.5. The first-order valence-electron chi connectivity index (χ1n) is 6.63. The van der Waals surface area contributed by atoms with Crippen molar-refractivity contribution in [3.05, 3.63) is 34.6 Å². The lowest BCUT2D eigenvalue weighted by molar-refractivity contribution is 0.298. The molecular weight excluding hydrogens is 249 g/mol. The van der Waals surface area contributed by atoms with E-state index in [4.69, 9.17) is 11.6 Å². The highest BCUT2D eigenvalue weighted by atomic mass is 35.5. The normalized spacial score (nSPS) is 14.8. The van der Waals surface area contributed by atoms with Crippen LogP contribution in [0.2, 0.25) is 5.02 Å². The zero-order valence-corrected chi connectivity index (χ0v) is 12.4. The topological polar surface area (TPSA) is 12.0 Å². The quantitative estimate of drug-likeness (QED) is 0.814. The lowest BCUT2D eigenvalue weighted by Crippen LogP contribution is -2.39. The van der Waals surface area contributed by atoms with Gasteiger partial charge in [-0.2, -0.15) is 0 Å². The number of likely N-dealkylation sites (N-methyl/N-ethyl adjacent to an activating group) is 1. The molecule has 3 heteroatoms. The summed E-state index contributed by atoms with van der Waals surface area (Å²) in [5.41, 5.74) is 0.623. The third kappa shape index (κ3) is 3.96. The summed E-state index contributed by atoms with van der Waals surface area (Å²) in [6, 6.07) is 5.13. The number of hydrogen-bond donors (Lipinski definition) is 1. The van der Waals surface area contributed by atoms with Crippen LogP contribution in [0, 0.1) is 17.7 Å². The molecule has 1 nitrogen and oxygen atoms in total. The first-order valence-corrected chi connectivity index (χ1v) is 7.01. The van der Waals surface area contributed by atoms with Crippen molar-refractivity contribution in [2.24, 2.45) is 11.8 Å². The van der Waals surface area contributed by atoms with Gasteiger partial charge < -0.3 is 5.32 Å². The van der Waals surface area contributed by atoms with E-state index < -0.39 is 0 Å². The summed E-state index contributed by atoms with van der Waals surface area (Å²) in [6.07, 6.45) is 0.638. The fraction of sp³-hybridized carbons (Fsp3) is 0.600. The van der Waals surface area contributed by atoms with Crippen LogP contribution in [0.1, 0.15) is 33.3 Å². The second kappa shape index (κ2) is 7.10. The maximum Gasteiger partial charge on any atom is 0.127 e. The number of halogens is 2. The van der Waals surface area contributed by atoms with Gasteiger partial charge in [0.25, 0.3) is 0 Å². The predicted molar refractivity (Wildman–Crippen MR) is 76.6 cm³/mol. The minimum Gasteiger partial charge on any atom is -0.314 e. The Labute approximate surface area is 115 Å². The van der Waals surface area contributed by atoms with Crippen molar-refractivity contribution in [1.29, 1.82) is 0 Å². The monoisotopic (exact) mass is 271 g/mol. The van der Waals surface area contributed by atoms with Crippen molar-refractivity contribution in [3.63, 3.8) is 0 Å². The van der Waals surface area contributed by atoms with Crippen LogP contribution in [-0.2, 0) is 6.42 Å². The number of benzene rings is 1. The van der Waals surface area contributed by atoms with E-state index in [0.29, 0.717) is 28.8 Å². The minimum absolute atomic E-state index is 0.207. The molecule has 1 N–H and O–H groups in total. The Morgan fingerprint density at radius 3 is 2.44 bits per heavy atom. The van der Waals surface area contributed by atoms with Crippen molar-refractivity contribution in [3.8, 4) is 0 Å².